The van der Waals surface area contributed by atoms with E-state index in [1.54, 1.807) is 0 Å². The minimum Gasteiger partial charge on any atom is -0.465 e. The summed E-state index contributed by atoms with van der Waals surface area (Å²) in [6.45, 7) is 4.23. The second kappa shape index (κ2) is 5.71. The average Bonchev–Trinajstić information content (AvgIpc) is 3.07. The smallest absolute Gasteiger partial charge is 0.323 e. The van der Waals surface area contributed by atoms with Crippen molar-refractivity contribution in [1.29, 1.82) is 0 Å². The summed E-state index contributed by atoms with van der Waals surface area (Å²) in [6, 6.07) is 5.82. The molecule has 1 aromatic carbocycles. The molecule has 1 atom stereocenters. The summed E-state index contributed by atoms with van der Waals surface area (Å²) in [6.07, 6.45) is 1.91. The minimum atomic E-state index is -0.111. The number of benzene rings is 1. The largest absolute Gasteiger partial charge is 0.465 e. The molecule has 2 aliphatic heterocycles. The topological polar surface area (TPSA) is 48.0 Å². The molecular formula is C15H19NO4. The van der Waals surface area contributed by atoms with Crippen molar-refractivity contribution < 1.29 is 19.0 Å². The Morgan fingerprint density at radius 2 is 2.25 bits per heavy atom. The van der Waals surface area contributed by atoms with Gasteiger partial charge in [0.05, 0.1) is 6.61 Å². The van der Waals surface area contributed by atoms with Gasteiger partial charge in [0.25, 0.3) is 0 Å². The van der Waals surface area contributed by atoms with E-state index in [0.29, 0.717) is 6.61 Å². The molecule has 0 radical (unpaired) electrons. The molecule has 0 aliphatic carbocycles. The van der Waals surface area contributed by atoms with Gasteiger partial charge in [-0.25, -0.2) is 0 Å². The number of carbonyl (C=O) groups is 1. The minimum absolute atomic E-state index is 0.106. The van der Waals surface area contributed by atoms with Crippen LogP contribution in [-0.4, -0.2) is 36.9 Å². The number of likely N-dealkylation sites (tertiary alicyclic amines) is 1. The number of esters is 1. The molecule has 3 rings (SSSR count). The van der Waals surface area contributed by atoms with Gasteiger partial charge in [-0.3, -0.25) is 9.69 Å². The molecule has 0 aromatic heterocycles. The molecule has 1 saturated heterocycles. The lowest BCUT2D eigenvalue weighted by Crippen LogP contribution is -2.36. The normalized spacial score (nSPS) is 21.1. The van der Waals surface area contributed by atoms with Crippen LogP contribution in [0.15, 0.2) is 18.2 Å². The molecule has 1 aromatic rings. The van der Waals surface area contributed by atoms with Crippen molar-refractivity contribution in [3.05, 3.63) is 23.8 Å². The van der Waals surface area contributed by atoms with Gasteiger partial charge >= 0.3 is 5.97 Å². The summed E-state index contributed by atoms with van der Waals surface area (Å²) in [4.78, 5) is 14.1. The third-order valence-electron chi connectivity index (χ3n) is 3.74. The Balaban J connectivity index is 1.69. The van der Waals surface area contributed by atoms with Gasteiger partial charge in [-0.1, -0.05) is 6.07 Å². The van der Waals surface area contributed by atoms with Crippen molar-refractivity contribution in [1.82, 2.24) is 4.90 Å². The van der Waals surface area contributed by atoms with Crippen molar-refractivity contribution in [3.63, 3.8) is 0 Å². The van der Waals surface area contributed by atoms with Crippen molar-refractivity contribution in [3.8, 4) is 11.5 Å². The first-order chi connectivity index (χ1) is 9.78. The van der Waals surface area contributed by atoms with Crippen molar-refractivity contribution in [2.24, 2.45) is 0 Å². The lowest BCUT2D eigenvalue weighted by Gasteiger charge is -2.22. The molecule has 2 heterocycles. The van der Waals surface area contributed by atoms with Crippen molar-refractivity contribution in [2.75, 3.05) is 19.9 Å². The van der Waals surface area contributed by atoms with Gasteiger partial charge in [0.1, 0.15) is 6.04 Å². The van der Waals surface area contributed by atoms with Gasteiger partial charge in [0.2, 0.25) is 6.79 Å². The van der Waals surface area contributed by atoms with Gasteiger partial charge < -0.3 is 14.2 Å². The first kappa shape index (κ1) is 13.2. The van der Waals surface area contributed by atoms with Crippen LogP contribution in [0.5, 0.6) is 11.5 Å². The third-order valence-corrected chi connectivity index (χ3v) is 3.74. The summed E-state index contributed by atoms with van der Waals surface area (Å²) in [7, 11) is 0. The average molecular weight is 277 g/mol. The van der Waals surface area contributed by atoms with E-state index in [4.69, 9.17) is 14.2 Å². The second-order valence-electron chi connectivity index (χ2n) is 5.07. The quantitative estimate of drug-likeness (QED) is 0.787. The van der Waals surface area contributed by atoms with Crippen LogP contribution >= 0.6 is 0 Å². The summed E-state index contributed by atoms with van der Waals surface area (Å²) in [5.74, 6) is 1.47. The van der Waals surface area contributed by atoms with E-state index >= 15 is 0 Å². The number of hydrogen-bond donors (Lipinski definition) is 0. The standard InChI is InChI=1S/C15H19NO4/c1-2-18-15(17)12-4-3-7-16(12)9-11-5-6-13-14(8-11)20-10-19-13/h5-6,8,12H,2-4,7,9-10H2,1H3. The van der Waals surface area contributed by atoms with E-state index in [0.717, 1.165) is 43.0 Å². The zero-order chi connectivity index (χ0) is 13.9. The highest BCUT2D eigenvalue weighted by Crippen LogP contribution is 2.33. The number of rotatable bonds is 4. The third kappa shape index (κ3) is 2.58. The maximum absolute atomic E-state index is 11.9. The predicted octanol–water partition coefficient (Wildman–Crippen LogP) is 1.94. The molecule has 0 saturated carbocycles. The van der Waals surface area contributed by atoms with Crippen LogP contribution in [0.1, 0.15) is 25.3 Å². The molecule has 0 N–H and O–H groups in total. The Kier molecular flexibility index (Phi) is 3.78. The van der Waals surface area contributed by atoms with E-state index in [-0.39, 0.29) is 18.8 Å². The van der Waals surface area contributed by atoms with Crippen LogP contribution < -0.4 is 9.47 Å². The maximum atomic E-state index is 11.9. The van der Waals surface area contributed by atoms with E-state index < -0.39 is 0 Å². The zero-order valence-corrected chi connectivity index (χ0v) is 11.6. The number of carbonyl (C=O) groups excluding carboxylic acids is 1. The highest BCUT2D eigenvalue weighted by Gasteiger charge is 2.31. The molecule has 1 unspecified atom stereocenters. The molecule has 0 amide bonds. The summed E-state index contributed by atoms with van der Waals surface area (Å²) in [5, 5.41) is 0. The number of fused-ring (bicyclic) bond motifs is 1. The summed E-state index contributed by atoms with van der Waals surface area (Å²) < 4.78 is 15.8. The first-order valence-electron chi connectivity index (χ1n) is 7.07. The highest BCUT2D eigenvalue weighted by molar-refractivity contribution is 5.76. The van der Waals surface area contributed by atoms with Crippen molar-refractivity contribution in [2.45, 2.75) is 32.4 Å². The molecule has 108 valence electrons. The second-order valence-corrected chi connectivity index (χ2v) is 5.07. The van der Waals surface area contributed by atoms with Crippen molar-refractivity contribution >= 4 is 5.97 Å². The fourth-order valence-electron chi connectivity index (χ4n) is 2.79. The van der Waals surface area contributed by atoms with E-state index in [1.807, 2.05) is 25.1 Å². The molecular weight excluding hydrogens is 258 g/mol. The van der Waals surface area contributed by atoms with Crippen LogP contribution in [0.25, 0.3) is 0 Å². The molecule has 2 aliphatic rings. The summed E-state index contributed by atoms with van der Waals surface area (Å²) in [5.41, 5.74) is 1.13. The van der Waals surface area contributed by atoms with Gasteiger partial charge in [-0.2, -0.15) is 0 Å². The van der Waals surface area contributed by atoms with E-state index in [2.05, 4.69) is 4.90 Å². The Labute approximate surface area is 118 Å². The van der Waals surface area contributed by atoms with Gasteiger partial charge in [-0.15, -0.1) is 0 Å². The highest BCUT2D eigenvalue weighted by atomic mass is 16.7. The fourth-order valence-corrected chi connectivity index (χ4v) is 2.79. The Bertz CT molecular complexity index is 503. The Morgan fingerprint density at radius 1 is 1.40 bits per heavy atom. The number of hydrogen-bond acceptors (Lipinski definition) is 5. The van der Waals surface area contributed by atoms with Gasteiger partial charge in [0.15, 0.2) is 11.5 Å². The van der Waals surface area contributed by atoms with Crippen LogP contribution in [0.2, 0.25) is 0 Å². The van der Waals surface area contributed by atoms with E-state index in [1.165, 1.54) is 0 Å². The zero-order valence-electron chi connectivity index (χ0n) is 11.6. The summed E-state index contributed by atoms with van der Waals surface area (Å²) >= 11 is 0. The number of nitrogens with zero attached hydrogens (tertiary/aromatic N) is 1. The van der Waals surface area contributed by atoms with Gasteiger partial charge in [-0.05, 0) is 44.0 Å². The van der Waals surface area contributed by atoms with Crippen LogP contribution in [-0.2, 0) is 16.1 Å². The fraction of sp³-hybridized carbons (Fsp3) is 0.533. The van der Waals surface area contributed by atoms with Crippen LogP contribution in [0.3, 0.4) is 0 Å². The number of ether oxygens (including phenoxy) is 3. The lowest BCUT2D eigenvalue weighted by molar-refractivity contribution is -0.148. The predicted molar refractivity (Wildman–Crippen MR) is 72.6 cm³/mol. The molecule has 1 fully saturated rings. The molecule has 0 spiro atoms. The monoisotopic (exact) mass is 277 g/mol. The van der Waals surface area contributed by atoms with E-state index in [9.17, 15) is 4.79 Å². The Hall–Kier alpha value is -1.75. The molecule has 20 heavy (non-hydrogen) atoms. The molecule has 5 heteroatoms. The van der Waals surface area contributed by atoms with Crippen LogP contribution in [0.4, 0.5) is 0 Å². The molecule has 5 nitrogen and oxygen atoms in total. The first-order valence-corrected chi connectivity index (χ1v) is 7.07. The van der Waals surface area contributed by atoms with Gasteiger partial charge in [0, 0.05) is 6.54 Å². The van der Waals surface area contributed by atoms with Crippen LogP contribution in [0, 0.1) is 0 Å². The SMILES string of the molecule is CCOC(=O)C1CCCN1Cc1ccc2c(c1)OCO2. The maximum Gasteiger partial charge on any atom is 0.323 e. The molecule has 0 bridgehead atoms. The lowest BCUT2D eigenvalue weighted by atomic mass is 10.1. The Morgan fingerprint density at radius 3 is 3.10 bits per heavy atom.